The highest BCUT2D eigenvalue weighted by Crippen LogP contribution is 2.30. The highest BCUT2D eigenvalue weighted by molar-refractivity contribution is 5.42. The van der Waals surface area contributed by atoms with Gasteiger partial charge in [-0.3, -0.25) is 0 Å². The van der Waals surface area contributed by atoms with Gasteiger partial charge in [0.05, 0.1) is 12.0 Å². The lowest BCUT2D eigenvalue weighted by Gasteiger charge is -2.20. The molecule has 0 bridgehead atoms. The van der Waals surface area contributed by atoms with Crippen LogP contribution in [0, 0.1) is 0 Å². The molecule has 2 rings (SSSR count). The number of hydrogen-bond acceptors (Lipinski definition) is 5. The Morgan fingerprint density at radius 3 is 2.60 bits per heavy atom. The molecule has 1 heterocycles. The second-order valence-electron chi connectivity index (χ2n) is 5.21. The molecular weight excluding hydrogens is 254 g/mol. The van der Waals surface area contributed by atoms with E-state index in [1.165, 1.54) is 0 Å². The molecule has 1 aromatic carbocycles. The van der Waals surface area contributed by atoms with Gasteiger partial charge in [0.15, 0.2) is 5.82 Å². The fourth-order valence-corrected chi connectivity index (χ4v) is 1.94. The smallest absolute Gasteiger partial charge is 0.236 e. The van der Waals surface area contributed by atoms with Gasteiger partial charge >= 0.3 is 0 Å². The number of benzene rings is 1. The molecule has 0 saturated heterocycles. The van der Waals surface area contributed by atoms with Crippen LogP contribution in [0.15, 0.2) is 28.8 Å². The fourth-order valence-electron chi connectivity index (χ4n) is 1.94. The van der Waals surface area contributed by atoms with E-state index >= 15 is 0 Å². The largest absolute Gasteiger partial charge is 0.399 e. The average molecular weight is 275 g/mol. The lowest BCUT2D eigenvalue weighted by molar-refractivity contribution is 0.149. The summed E-state index contributed by atoms with van der Waals surface area (Å²) in [5.74, 6) is 1.28. The van der Waals surface area contributed by atoms with Crippen molar-refractivity contribution in [2.75, 3.05) is 18.9 Å². The third kappa shape index (κ3) is 3.17. The van der Waals surface area contributed by atoms with Gasteiger partial charge in [-0.05, 0) is 38.5 Å². The number of nitrogens with zero attached hydrogens (tertiary/aromatic N) is 2. The molecule has 2 N–H and O–H groups in total. The molecule has 0 atom stereocenters. The van der Waals surface area contributed by atoms with E-state index in [9.17, 15) is 0 Å². The summed E-state index contributed by atoms with van der Waals surface area (Å²) in [6, 6.07) is 7.73. The van der Waals surface area contributed by atoms with Gasteiger partial charge in [0.2, 0.25) is 5.89 Å². The molecule has 0 aliphatic carbocycles. The Morgan fingerprint density at radius 1 is 1.25 bits per heavy atom. The molecule has 0 radical (unpaired) electrons. The molecule has 0 aliphatic rings. The van der Waals surface area contributed by atoms with Crippen LogP contribution in [0.5, 0.6) is 0 Å². The second-order valence-corrected chi connectivity index (χ2v) is 5.21. The highest BCUT2D eigenvalue weighted by atomic mass is 16.5. The van der Waals surface area contributed by atoms with Crippen molar-refractivity contribution in [3.63, 3.8) is 0 Å². The van der Waals surface area contributed by atoms with Gasteiger partial charge < -0.3 is 15.0 Å². The van der Waals surface area contributed by atoms with Crippen molar-refractivity contribution in [3.8, 4) is 0 Å². The predicted molar refractivity (Wildman–Crippen MR) is 77.5 cm³/mol. The first-order chi connectivity index (χ1) is 9.54. The molecule has 0 spiro atoms. The fraction of sp³-hybridized carbons (Fsp3) is 0.467. The number of anilines is 1. The minimum absolute atomic E-state index is 0.343. The Balaban J connectivity index is 2.15. The zero-order chi connectivity index (χ0) is 14.6. The van der Waals surface area contributed by atoms with Crippen LogP contribution < -0.4 is 5.73 Å². The van der Waals surface area contributed by atoms with Crippen molar-refractivity contribution < 1.29 is 9.26 Å². The summed E-state index contributed by atoms with van der Waals surface area (Å²) in [4.78, 5) is 4.46. The first-order valence-corrected chi connectivity index (χ1v) is 6.81. The van der Waals surface area contributed by atoms with E-state index < -0.39 is 0 Å². The van der Waals surface area contributed by atoms with Gasteiger partial charge in [-0.25, -0.2) is 0 Å². The molecule has 5 heteroatoms. The minimum atomic E-state index is -0.343. The summed E-state index contributed by atoms with van der Waals surface area (Å²) < 4.78 is 10.7. The molecule has 108 valence electrons. The highest BCUT2D eigenvalue weighted by Gasteiger charge is 2.29. The predicted octanol–water partition coefficient (Wildman–Crippen LogP) is 2.56. The molecule has 0 saturated carbocycles. The summed E-state index contributed by atoms with van der Waals surface area (Å²) in [5.41, 5.74) is 7.21. The van der Waals surface area contributed by atoms with E-state index in [1.54, 1.807) is 0 Å². The van der Waals surface area contributed by atoms with Gasteiger partial charge in [0.1, 0.15) is 0 Å². The molecule has 0 unspecified atom stereocenters. The van der Waals surface area contributed by atoms with E-state index in [1.807, 2.05) is 31.2 Å². The maximum atomic E-state index is 5.72. The van der Waals surface area contributed by atoms with Crippen LogP contribution in [0.1, 0.15) is 38.0 Å². The topological polar surface area (TPSA) is 74.2 Å². The lowest BCUT2D eigenvalue weighted by Crippen LogP contribution is -2.19. The van der Waals surface area contributed by atoms with Crippen LogP contribution in [0.3, 0.4) is 0 Å². The number of nitrogen functional groups attached to an aromatic ring is 1. The Bertz CT molecular complexity index is 547. The summed E-state index contributed by atoms with van der Waals surface area (Å²) in [7, 11) is 0. The normalized spacial score (nSPS) is 11.8. The Labute approximate surface area is 119 Å². The van der Waals surface area contributed by atoms with Crippen LogP contribution in [0.2, 0.25) is 0 Å². The SMILES string of the molecule is CCOCCc1noc(C(C)(C)c2ccc(N)cc2)n1. The van der Waals surface area contributed by atoms with E-state index in [2.05, 4.69) is 24.0 Å². The molecule has 0 aliphatic heterocycles. The minimum Gasteiger partial charge on any atom is -0.399 e. The van der Waals surface area contributed by atoms with Crippen LogP contribution in [0.25, 0.3) is 0 Å². The lowest BCUT2D eigenvalue weighted by atomic mass is 9.84. The number of aromatic nitrogens is 2. The standard InChI is InChI=1S/C15H21N3O2/c1-4-19-10-9-13-17-14(20-18-13)15(2,3)11-5-7-12(16)8-6-11/h5-8H,4,9-10,16H2,1-3H3. The number of hydrogen-bond donors (Lipinski definition) is 1. The van der Waals surface area contributed by atoms with E-state index in [4.69, 9.17) is 15.0 Å². The van der Waals surface area contributed by atoms with E-state index in [-0.39, 0.29) is 5.41 Å². The molecular formula is C15H21N3O2. The number of nitrogens with two attached hydrogens (primary N) is 1. The Morgan fingerprint density at radius 2 is 1.95 bits per heavy atom. The van der Waals surface area contributed by atoms with E-state index in [0.29, 0.717) is 31.3 Å². The summed E-state index contributed by atoms with van der Waals surface area (Å²) in [6.45, 7) is 7.38. The van der Waals surface area contributed by atoms with Crippen molar-refractivity contribution in [2.45, 2.75) is 32.6 Å². The number of ether oxygens (including phenoxy) is 1. The third-order valence-electron chi connectivity index (χ3n) is 3.31. The van der Waals surface area contributed by atoms with E-state index in [0.717, 1.165) is 11.3 Å². The quantitative estimate of drug-likeness (QED) is 0.648. The zero-order valence-corrected chi connectivity index (χ0v) is 12.2. The molecule has 20 heavy (non-hydrogen) atoms. The molecule has 0 amide bonds. The number of rotatable bonds is 6. The molecule has 0 fully saturated rings. The van der Waals surface area contributed by atoms with Crippen molar-refractivity contribution >= 4 is 5.69 Å². The maximum absolute atomic E-state index is 5.72. The molecule has 1 aromatic heterocycles. The molecule has 2 aromatic rings. The summed E-state index contributed by atoms with van der Waals surface area (Å²) >= 11 is 0. The van der Waals surface area contributed by atoms with Gasteiger partial charge in [-0.1, -0.05) is 17.3 Å². The van der Waals surface area contributed by atoms with Crippen molar-refractivity contribution in [2.24, 2.45) is 0 Å². The Kier molecular flexibility index (Phi) is 4.39. The third-order valence-corrected chi connectivity index (χ3v) is 3.31. The zero-order valence-electron chi connectivity index (χ0n) is 12.2. The van der Waals surface area contributed by atoms with Crippen LogP contribution >= 0.6 is 0 Å². The van der Waals surface area contributed by atoms with Gasteiger partial charge in [-0.2, -0.15) is 4.98 Å². The summed E-state index contributed by atoms with van der Waals surface area (Å²) in [5, 5.41) is 4.01. The first kappa shape index (κ1) is 14.5. The van der Waals surface area contributed by atoms with Crippen molar-refractivity contribution in [3.05, 3.63) is 41.5 Å². The van der Waals surface area contributed by atoms with Gasteiger partial charge in [-0.15, -0.1) is 0 Å². The monoisotopic (exact) mass is 275 g/mol. The maximum Gasteiger partial charge on any atom is 0.236 e. The van der Waals surface area contributed by atoms with Gasteiger partial charge in [0, 0.05) is 18.7 Å². The van der Waals surface area contributed by atoms with Crippen LogP contribution in [-0.4, -0.2) is 23.4 Å². The summed E-state index contributed by atoms with van der Waals surface area (Å²) in [6.07, 6.45) is 0.662. The van der Waals surface area contributed by atoms with Crippen molar-refractivity contribution in [1.82, 2.24) is 10.1 Å². The molecule has 5 nitrogen and oxygen atoms in total. The Hall–Kier alpha value is -1.88. The van der Waals surface area contributed by atoms with Crippen molar-refractivity contribution in [1.29, 1.82) is 0 Å². The first-order valence-electron chi connectivity index (χ1n) is 6.81. The average Bonchev–Trinajstić information content (AvgIpc) is 2.89. The van der Waals surface area contributed by atoms with Crippen LogP contribution in [-0.2, 0) is 16.6 Å². The van der Waals surface area contributed by atoms with Crippen LogP contribution in [0.4, 0.5) is 5.69 Å². The van der Waals surface area contributed by atoms with Gasteiger partial charge in [0.25, 0.3) is 0 Å². The second kappa shape index (κ2) is 6.05.